The molecule has 2 heteroatoms. The molecule has 0 bridgehead atoms. The molecule has 1 rings (SSSR count). The lowest BCUT2D eigenvalue weighted by Crippen LogP contribution is -2.26. The highest BCUT2D eigenvalue weighted by Gasteiger charge is 2.11. The first kappa shape index (κ1) is 12.8. The molecule has 0 aliphatic carbocycles. The quantitative estimate of drug-likeness (QED) is 0.769. The molecule has 0 saturated heterocycles. The molecular formula is C14H22N2. The fraction of sp³-hybridized carbons (Fsp3) is 0.429. The SMILES string of the molecule is C=C(C)CN(CC)c1ccccc1C(C)N. The number of likely N-dealkylation sites (N-methyl/N-ethyl adjacent to an activating group) is 1. The second kappa shape index (κ2) is 5.71. The fourth-order valence-electron chi connectivity index (χ4n) is 1.85. The monoisotopic (exact) mass is 218 g/mol. The van der Waals surface area contributed by atoms with Gasteiger partial charge in [-0.1, -0.05) is 30.4 Å². The van der Waals surface area contributed by atoms with E-state index in [9.17, 15) is 0 Å². The topological polar surface area (TPSA) is 29.3 Å². The zero-order valence-corrected chi connectivity index (χ0v) is 10.5. The first-order valence-electron chi connectivity index (χ1n) is 5.80. The third-order valence-electron chi connectivity index (χ3n) is 2.61. The van der Waals surface area contributed by atoms with Crippen molar-refractivity contribution in [3.8, 4) is 0 Å². The third kappa shape index (κ3) is 3.11. The van der Waals surface area contributed by atoms with Gasteiger partial charge in [-0.3, -0.25) is 0 Å². The lowest BCUT2D eigenvalue weighted by Gasteiger charge is -2.27. The molecule has 0 saturated carbocycles. The molecule has 2 nitrogen and oxygen atoms in total. The Kier molecular flexibility index (Phi) is 4.56. The highest BCUT2D eigenvalue weighted by Crippen LogP contribution is 2.25. The van der Waals surface area contributed by atoms with Crippen LogP contribution in [-0.4, -0.2) is 13.1 Å². The average Bonchev–Trinajstić information content (AvgIpc) is 2.25. The Morgan fingerprint density at radius 2 is 2.06 bits per heavy atom. The summed E-state index contributed by atoms with van der Waals surface area (Å²) in [5.41, 5.74) is 9.58. The average molecular weight is 218 g/mol. The van der Waals surface area contributed by atoms with Crippen LogP contribution in [0.2, 0.25) is 0 Å². The third-order valence-corrected chi connectivity index (χ3v) is 2.61. The molecule has 0 heterocycles. The van der Waals surface area contributed by atoms with Crippen LogP contribution < -0.4 is 10.6 Å². The Morgan fingerprint density at radius 3 is 2.56 bits per heavy atom. The molecule has 0 radical (unpaired) electrons. The predicted octanol–water partition coefficient (Wildman–Crippen LogP) is 3.11. The van der Waals surface area contributed by atoms with Crippen LogP contribution in [0.1, 0.15) is 32.4 Å². The Balaban J connectivity index is 3.03. The van der Waals surface area contributed by atoms with Crippen LogP contribution in [-0.2, 0) is 0 Å². The van der Waals surface area contributed by atoms with E-state index >= 15 is 0 Å². The second-order valence-electron chi connectivity index (χ2n) is 4.32. The maximum absolute atomic E-state index is 5.99. The van der Waals surface area contributed by atoms with Crippen molar-refractivity contribution in [3.05, 3.63) is 42.0 Å². The van der Waals surface area contributed by atoms with Crippen LogP contribution in [0.5, 0.6) is 0 Å². The Bertz CT molecular complexity index is 356. The Morgan fingerprint density at radius 1 is 1.44 bits per heavy atom. The van der Waals surface area contributed by atoms with Crippen LogP contribution >= 0.6 is 0 Å². The minimum absolute atomic E-state index is 0.0652. The standard InChI is InChI=1S/C14H22N2/c1-5-16(10-11(2)3)14-9-7-6-8-13(14)12(4)15/h6-9,12H,2,5,10,15H2,1,3-4H3. The number of hydrogen-bond donors (Lipinski definition) is 1. The molecule has 2 N–H and O–H groups in total. The molecule has 1 unspecified atom stereocenters. The second-order valence-corrected chi connectivity index (χ2v) is 4.32. The van der Waals surface area contributed by atoms with E-state index in [0.29, 0.717) is 0 Å². The first-order chi connectivity index (χ1) is 7.56. The van der Waals surface area contributed by atoms with Gasteiger partial charge >= 0.3 is 0 Å². The number of nitrogens with zero attached hydrogens (tertiary/aromatic N) is 1. The molecule has 0 aliphatic heterocycles. The molecule has 1 atom stereocenters. The summed E-state index contributed by atoms with van der Waals surface area (Å²) in [6.45, 7) is 12.1. The Labute approximate surface area is 98.8 Å². The van der Waals surface area contributed by atoms with Gasteiger partial charge in [0.15, 0.2) is 0 Å². The summed E-state index contributed by atoms with van der Waals surface area (Å²) in [7, 11) is 0. The largest absolute Gasteiger partial charge is 0.368 e. The molecule has 1 aromatic carbocycles. The lowest BCUT2D eigenvalue weighted by atomic mass is 10.1. The van der Waals surface area contributed by atoms with Gasteiger partial charge in [-0.2, -0.15) is 0 Å². The molecule has 0 spiro atoms. The van der Waals surface area contributed by atoms with Crippen LogP contribution in [0.4, 0.5) is 5.69 Å². The van der Waals surface area contributed by atoms with Crippen molar-refractivity contribution in [1.29, 1.82) is 0 Å². The van der Waals surface area contributed by atoms with Gasteiger partial charge < -0.3 is 10.6 Å². The summed E-state index contributed by atoms with van der Waals surface area (Å²) < 4.78 is 0. The molecule has 0 amide bonds. The van der Waals surface area contributed by atoms with Gasteiger partial charge in [0, 0.05) is 24.8 Å². The van der Waals surface area contributed by atoms with Crippen LogP contribution in [0.25, 0.3) is 0 Å². The van der Waals surface area contributed by atoms with Gasteiger partial charge in [0.25, 0.3) is 0 Å². The molecular weight excluding hydrogens is 196 g/mol. The van der Waals surface area contributed by atoms with Gasteiger partial charge in [0.05, 0.1) is 0 Å². The van der Waals surface area contributed by atoms with Crippen molar-refractivity contribution in [3.63, 3.8) is 0 Å². The smallest absolute Gasteiger partial charge is 0.0417 e. The molecule has 0 aliphatic rings. The van der Waals surface area contributed by atoms with E-state index in [2.05, 4.69) is 43.5 Å². The van der Waals surface area contributed by atoms with Gasteiger partial charge in [-0.15, -0.1) is 0 Å². The molecule has 0 fully saturated rings. The minimum Gasteiger partial charge on any atom is -0.368 e. The van der Waals surface area contributed by atoms with E-state index in [-0.39, 0.29) is 6.04 Å². The zero-order valence-electron chi connectivity index (χ0n) is 10.5. The van der Waals surface area contributed by atoms with Crippen LogP contribution in [0.15, 0.2) is 36.4 Å². The number of para-hydroxylation sites is 1. The minimum atomic E-state index is 0.0652. The fourth-order valence-corrected chi connectivity index (χ4v) is 1.85. The summed E-state index contributed by atoms with van der Waals surface area (Å²) in [6, 6.07) is 8.39. The van der Waals surface area contributed by atoms with Gasteiger partial charge in [-0.25, -0.2) is 0 Å². The van der Waals surface area contributed by atoms with Crippen molar-refractivity contribution >= 4 is 5.69 Å². The van der Waals surface area contributed by atoms with E-state index in [1.165, 1.54) is 16.8 Å². The number of anilines is 1. The normalized spacial score (nSPS) is 12.2. The molecule has 88 valence electrons. The molecule has 1 aromatic rings. The lowest BCUT2D eigenvalue weighted by molar-refractivity contribution is 0.794. The molecule has 16 heavy (non-hydrogen) atoms. The predicted molar refractivity (Wildman–Crippen MR) is 71.7 cm³/mol. The molecule has 0 aromatic heterocycles. The highest BCUT2D eigenvalue weighted by atomic mass is 15.1. The van der Waals surface area contributed by atoms with E-state index in [1.54, 1.807) is 0 Å². The maximum atomic E-state index is 5.99. The van der Waals surface area contributed by atoms with Crippen LogP contribution in [0, 0.1) is 0 Å². The van der Waals surface area contributed by atoms with E-state index < -0.39 is 0 Å². The van der Waals surface area contributed by atoms with E-state index in [0.717, 1.165) is 13.1 Å². The van der Waals surface area contributed by atoms with Crippen molar-refractivity contribution in [2.75, 3.05) is 18.0 Å². The van der Waals surface area contributed by atoms with Crippen molar-refractivity contribution in [1.82, 2.24) is 0 Å². The van der Waals surface area contributed by atoms with Crippen molar-refractivity contribution < 1.29 is 0 Å². The number of nitrogens with two attached hydrogens (primary N) is 1. The summed E-state index contributed by atoms with van der Waals surface area (Å²) in [5, 5.41) is 0. The first-order valence-corrected chi connectivity index (χ1v) is 5.80. The van der Waals surface area contributed by atoms with Crippen LogP contribution in [0.3, 0.4) is 0 Å². The summed E-state index contributed by atoms with van der Waals surface area (Å²) in [4.78, 5) is 2.31. The maximum Gasteiger partial charge on any atom is 0.0417 e. The summed E-state index contributed by atoms with van der Waals surface area (Å²) in [5.74, 6) is 0. The summed E-state index contributed by atoms with van der Waals surface area (Å²) >= 11 is 0. The van der Waals surface area contributed by atoms with E-state index in [1.807, 2.05) is 13.0 Å². The highest BCUT2D eigenvalue weighted by molar-refractivity contribution is 5.55. The van der Waals surface area contributed by atoms with Crippen molar-refractivity contribution in [2.45, 2.75) is 26.8 Å². The van der Waals surface area contributed by atoms with Gasteiger partial charge in [0.1, 0.15) is 0 Å². The van der Waals surface area contributed by atoms with E-state index in [4.69, 9.17) is 5.73 Å². The zero-order chi connectivity index (χ0) is 12.1. The number of benzene rings is 1. The number of hydrogen-bond acceptors (Lipinski definition) is 2. The van der Waals surface area contributed by atoms with Crippen molar-refractivity contribution in [2.24, 2.45) is 5.73 Å². The van der Waals surface area contributed by atoms with Gasteiger partial charge in [0.2, 0.25) is 0 Å². The Hall–Kier alpha value is -1.28. The summed E-state index contributed by atoms with van der Waals surface area (Å²) in [6.07, 6.45) is 0. The number of rotatable bonds is 5. The van der Waals surface area contributed by atoms with Gasteiger partial charge in [-0.05, 0) is 32.4 Å².